The predicted molar refractivity (Wildman–Crippen MR) is 84.2 cm³/mol. The van der Waals surface area contributed by atoms with E-state index in [4.69, 9.17) is 4.74 Å². The van der Waals surface area contributed by atoms with E-state index in [1.54, 1.807) is 0 Å². The van der Waals surface area contributed by atoms with Gasteiger partial charge in [-0.3, -0.25) is 0 Å². The third kappa shape index (κ3) is 5.14. The molecule has 2 rings (SSSR count). The largest absolute Gasteiger partial charge is 0.490 e. The maximum atomic E-state index is 6.06. The van der Waals surface area contributed by atoms with E-state index >= 15 is 0 Å². The minimum atomic E-state index is 0.156. The van der Waals surface area contributed by atoms with Crippen LogP contribution >= 0.6 is 0 Å². The van der Waals surface area contributed by atoms with E-state index in [1.165, 1.54) is 5.56 Å². The molecule has 0 bridgehead atoms. The first kappa shape index (κ1) is 15.3. The van der Waals surface area contributed by atoms with Gasteiger partial charge in [-0.15, -0.1) is 0 Å². The Morgan fingerprint density at radius 3 is 2.30 bits per heavy atom. The highest BCUT2D eigenvalue weighted by atomic mass is 16.5. The lowest BCUT2D eigenvalue weighted by Crippen LogP contribution is -2.35. The molecule has 3 heteroatoms. The Kier molecular flexibility index (Phi) is 5.06. The molecule has 1 N–H and O–H groups in total. The number of rotatable bonds is 4. The van der Waals surface area contributed by atoms with Gasteiger partial charge in [0.15, 0.2) is 0 Å². The molecular weight excluding hydrogens is 248 g/mol. The lowest BCUT2D eigenvalue weighted by Gasteiger charge is -2.29. The van der Waals surface area contributed by atoms with Crippen LogP contribution in [0.2, 0.25) is 0 Å². The number of nitrogens with zero attached hydrogens (tertiary/aromatic N) is 1. The van der Waals surface area contributed by atoms with E-state index in [-0.39, 0.29) is 5.54 Å². The zero-order valence-electron chi connectivity index (χ0n) is 13.3. The van der Waals surface area contributed by atoms with Crippen LogP contribution in [-0.2, 0) is 6.54 Å². The van der Waals surface area contributed by atoms with Crippen molar-refractivity contribution in [2.24, 2.45) is 0 Å². The van der Waals surface area contributed by atoms with Crippen molar-refractivity contribution in [1.29, 1.82) is 0 Å². The fraction of sp³-hybridized carbons (Fsp3) is 0.647. The predicted octanol–water partition coefficient (Wildman–Crippen LogP) is 3.05. The highest BCUT2D eigenvalue weighted by molar-refractivity contribution is 5.27. The molecule has 0 unspecified atom stereocenters. The summed E-state index contributed by atoms with van der Waals surface area (Å²) in [6, 6.07) is 8.50. The van der Waals surface area contributed by atoms with Crippen LogP contribution in [0.25, 0.3) is 0 Å². The van der Waals surface area contributed by atoms with Gasteiger partial charge in [-0.2, -0.15) is 0 Å². The second-order valence-electron chi connectivity index (χ2n) is 6.87. The minimum Gasteiger partial charge on any atom is -0.490 e. The van der Waals surface area contributed by atoms with E-state index in [1.807, 2.05) is 0 Å². The Balaban J connectivity index is 1.82. The van der Waals surface area contributed by atoms with E-state index in [9.17, 15) is 0 Å². The van der Waals surface area contributed by atoms with Gasteiger partial charge in [-0.1, -0.05) is 12.1 Å². The Hall–Kier alpha value is -1.06. The molecule has 20 heavy (non-hydrogen) atoms. The molecule has 1 saturated heterocycles. The summed E-state index contributed by atoms with van der Waals surface area (Å²) in [6.45, 7) is 9.73. The van der Waals surface area contributed by atoms with Gasteiger partial charge in [-0.05, 0) is 58.4 Å². The molecule has 0 aliphatic carbocycles. The molecule has 1 heterocycles. The first-order chi connectivity index (χ1) is 9.42. The number of hydrogen-bond donors (Lipinski definition) is 1. The van der Waals surface area contributed by atoms with Crippen LogP contribution in [-0.4, -0.2) is 36.7 Å². The number of ether oxygens (including phenoxy) is 1. The third-order valence-electron chi connectivity index (χ3n) is 3.71. The average Bonchev–Trinajstić information content (AvgIpc) is 2.40. The van der Waals surface area contributed by atoms with E-state index in [2.05, 4.69) is 62.3 Å². The second-order valence-corrected chi connectivity index (χ2v) is 6.87. The molecule has 0 radical (unpaired) electrons. The summed E-state index contributed by atoms with van der Waals surface area (Å²) in [5.74, 6) is 0.999. The number of benzene rings is 1. The van der Waals surface area contributed by atoms with E-state index in [0.717, 1.165) is 38.2 Å². The molecule has 0 saturated carbocycles. The minimum absolute atomic E-state index is 0.156. The number of likely N-dealkylation sites (tertiary alicyclic amines) is 1. The van der Waals surface area contributed by atoms with Gasteiger partial charge in [0.1, 0.15) is 11.9 Å². The summed E-state index contributed by atoms with van der Waals surface area (Å²) in [5, 5.41) is 3.50. The Bertz CT molecular complexity index is 400. The monoisotopic (exact) mass is 276 g/mol. The topological polar surface area (TPSA) is 24.5 Å². The first-order valence-corrected chi connectivity index (χ1v) is 7.61. The van der Waals surface area contributed by atoms with Gasteiger partial charge < -0.3 is 15.0 Å². The molecule has 112 valence electrons. The normalized spacial score (nSPS) is 18.2. The standard InChI is InChI=1S/C17H28N2O/c1-17(2,3)18-13-14-5-7-15(8-6-14)20-16-9-11-19(4)12-10-16/h5-8,16,18H,9-13H2,1-4H3. The maximum absolute atomic E-state index is 6.06. The fourth-order valence-electron chi connectivity index (χ4n) is 2.35. The molecule has 1 aliphatic rings. The number of piperidine rings is 1. The van der Waals surface area contributed by atoms with E-state index in [0.29, 0.717) is 6.10 Å². The van der Waals surface area contributed by atoms with Crippen molar-refractivity contribution < 1.29 is 4.74 Å². The maximum Gasteiger partial charge on any atom is 0.119 e. The Labute approximate surface area is 123 Å². The molecule has 1 fully saturated rings. The highest BCUT2D eigenvalue weighted by Crippen LogP contribution is 2.19. The van der Waals surface area contributed by atoms with Crippen molar-refractivity contribution >= 4 is 0 Å². The van der Waals surface area contributed by atoms with Crippen molar-refractivity contribution in [3.8, 4) is 5.75 Å². The molecule has 1 aromatic carbocycles. The second kappa shape index (κ2) is 6.59. The summed E-state index contributed by atoms with van der Waals surface area (Å²) < 4.78 is 6.06. The van der Waals surface area contributed by atoms with Crippen LogP contribution in [0.1, 0.15) is 39.2 Å². The highest BCUT2D eigenvalue weighted by Gasteiger charge is 2.17. The number of hydrogen-bond acceptors (Lipinski definition) is 3. The summed E-state index contributed by atoms with van der Waals surface area (Å²) >= 11 is 0. The molecular formula is C17H28N2O. The average molecular weight is 276 g/mol. The zero-order chi connectivity index (χ0) is 14.6. The fourth-order valence-corrected chi connectivity index (χ4v) is 2.35. The lowest BCUT2D eigenvalue weighted by atomic mass is 10.1. The molecule has 1 aromatic rings. The van der Waals surface area contributed by atoms with Crippen LogP contribution in [0.5, 0.6) is 5.75 Å². The van der Waals surface area contributed by atoms with Gasteiger partial charge in [0.2, 0.25) is 0 Å². The van der Waals surface area contributed by atoms with Gasteiger partial charge >= 0.3 is 0 Å². The quantitative estimate of drug-likeness (QED) is 0.915. The summed E-state index contributed by atoms with van der Waals surface area (Å²) in [4.78, 5) is 2.36. The zero-order valence-corrected chi connectivity index (χ0v) is 13.3. The van der Waals surface area contributed by atoms with E-state index < -0.39 is 0 Å². The van der Waals surface area contributed by atoms with Crippen LogP contribution in [0.4, 0.5) is 0 Å². The lowest BCUT2D eigenvalue weighted by molar-refractivity contribution is 0.114. The van der Waals surface area contributed by atoms with Crippen molar-refractivity contribution in [2.75, 3.05) is 20.1 Å². The first-order valence-electron chi connectivity index (χ1n) is 7.61. The van der Waals surface area contributed by atoms with Crippen molar-refractivity contribution in [3.05, 3.63) is 29.8 Å². The number of nitrogens with one attached hydrogen (secondary N) is 1. The summed E-state index contributed by atoms with van der Waals surface area (Å²) in [6.07, 6.45) is 2.64. The molecule has 0 spiro atoms. The van der Waals surface area contributed by atoms with Crippen LogP contribution in [0, 0.1) is 0 Å². The van der Waals surface area contributed by atoms with Gasteiger partial charge in [0, 0.05) is 25.2 Å². The molecule has 3 nitrogen and oxygen atoms in total. The van der Waals surface area contributed by atoms with Gasteiger partial charge in [0.25, 0.3) is 0 Å². The molecule has 0 atom stereocenters. The van der Waals surface area contributed by atoms with Gasteiger partial charge in [0.05, 0.1) is 0 Å². The Morgan fingerprint density at radius 1 is 1.15 bits per heavy atom. The van der Waals surface area contributed by atoms with Crippen LogP contribution < -0.4 is 10.1 Å². The third-order valence-corrected chi connectivity index (χ3v) is 3.71. The summed E-state index contributed by atoms with van der Waals surface area (Å²) in [5.41, 5.74) is 1.46. The molecule has 0 amide bonds. The molecule has 0 aromatic heterocycles. The van der Waals surface area contributed by atoms with Gasteiger partial charge in [-0.25, -0.2) is 0 Å². The Morgan fingerprint density at radius 2 is 1.75 bits per heavy atom. The van der Waals surface area contributed by atoms with Crippen LogP contribution in [0.3, 0.4) is 0 Å². The smallest absolute Gasteiger partial charge is 0.119 e. The van der Waals surface area contributed by atoms with Crippen molar-refractivity contribution in [3.63, 3.8) is 0 Å². The summed E-state index contributed by atoms with van der Waals surface area (Å²) in [7, 11) is 2.17. The van der Waals surface area contributed by atoms with Crippen molar-refractivity contribution in [2.45, 2.75) is 51.8 Å². The van der Waals surface area contributed by atoms with Crippen LogP contribution in [0.15, 0.2) is 24.3 Å². The molecule has 1 aliphatic heterocycles. The SMILES string of the molecule is CN1CCC(Oc2ccc(CNC(C)(C)C)cc2)CC1. The van der Waals surface area contributed by atoms with Crippen molar-refractivity contribution in [1.82, 2.24) is 10.2 Å².